The molecular weight excluding hydrogens is 242 g/mol. The number of benzene rings is 1. The number of hydrogen-bond donors (Lipinski definition) is 1. The highest BCUT2D eigenvalue weighted by Gasteiger charge is 2.10. The van der Waals surface area contributed by atoms with Gasteiger partial charge < -0.3 is 10.5 Å². The van der Waals surface area contributed by atoms with Crippen LogP contribution in [0.3, 0.4) is 0 Å². The quantitative estimate of drug-likeness (QED) is 0.879. The molecule has 0 radical (unpaired) electrons. The molecule has 0 aliphatic rings. The van der Waals surface area contributed by atoms with Gasteiger partial charge in [0.15, 0.2) is 0 Å². The summed E-state index contributed by atoms with van der Waals surface area (Å²) in [6.07, 6.45) is 0. The summed E-state index contributed by atoms with van der Waals surface area (Å²) < 4.78 is 5.17. The fraction of sp³-hybridized carbons (Fsp3) is 0.500. The van der Waals surface area contributed by atoms with Crippen molar-refractivity contribution < 1.29 is 4.74 Å². The number of nitrogens with two attached hydrogens (primary N) is 1. The first kappa shape index (κ1) is 13.7. The Morgan fingerprint density at radius 1 is 1.44 bits per heavy atom. The van der Waals surface area contributed by atoms with Gasteiger partial charge in [-0.05, 0) is 22.9 Å². The maximum atomic E-state index is 6.10. The molecule has 1 aromatic rings. The Kier molecular flexibility index (Phi) is 5.46. The number of rotatable bonds is 5. The monoisotopic (exact) mass is 259 g/mol. The molecule has 90 valence electrons. The highest BCUT2D eigenvalue weighted by atomic mass is 35.5. The van der Waals surface area contributed by atoms with Gasteiger partial charge in [0.05, 0.1) is 12.1 Å². The molecule has 1 atom stereocenters. The molecule has 0 aliphatic heterocycles. The molecule has 1 aromatic carbocycles. The minimum absolute atomic E-state index is 0.0265. The maximum absolute atomic E-state index is 6.10. The van der Waals surface area contributed by atoms with Crippen molar-refractivity contribution in [1.82, 2.24) is 0 Å². The van der Waals surface area contributed by atoms with Crippen molar-refractivity contribution in [3.63, 3.8) is 0 Å². The van der Waals surface area contributed by atoms with Crippen LogP contribution in [0.1, 0.15) is 25.5 Å². The van der Waals surface area contributed by atoms with Crippen LogP contribution in [0, 0.1) is 0 Å². The molecule has 0 bridgehead atoms. The Hall–Kier alpha value is -0.380. The summed E-state index contributed by atoms with van der Waals surface area (Å²) in [6.45, 7) is 4.33. The molecule has 0 amide bonds. The number of hydrogen-bond acceptors (Lipinski definition) is 3. The van der Waals surface area contributed by atoms with Crippen molar-refractivity contribution in [3.05, 3.63) is 28.8 Å². The normalized spacial score (nSPS) is 12.9. The van der Waals surface area contributed by atoms with Crippen LogP contribution in [0.15, 0.2) is 18.2 Å². The molecule has 0 aromatic heterocycles. The molecular formula is C12H18ClNOS. The zero-order chi connectivity index (χ0) is 12.1. The Balaban J connectivity index is 2.72. The summed E-state index contributed by atoms with van der Waals surface area (Å²) in [5.41, 5.74) is 7.16. The molecule has 0 spiro atoms. The zero-order valence-electron chi connectivity index (χ0n) is 9.87. The van der Waals surface area contributed by atoms with Crippen molar-refractivity contribution in [3.8, 4) is 5.75 Å². The summed E-state index contributed by atoms with van der Waals surface area (Å²) in [4.78, 5) is 0. The second-order valence-electron chi connectivity index (χ2n) is 3.88. The lowest BCUT2D eigenvalue weighted by Crippen LogP contribution is -2.14. The van der Waals surface area contributed by atoms with E-state index in [9.17, 15) is 0 Å². The van der Waals surface area contributed by atoms with Gasteiger partial charge in [-0.2, -0.15) is 11.8 Å². The second kappa shape index (κ2) is 6.38. The average molecular weight is 260 g/mol. The molecule has 1 unspecified atom stereocenters. The van der Waals surface area contributed by atoms with Crippen LogP contribution in [-0.2, 0) is 0 Å². The van der Waals surface area contributed by atoms with Gasteiger partial charge in [-0.15, -0.1) is 0 Å². The number of thioether (sulfide) groups is 1. The Labute approximate surface area is 107 Å². The zero-order valence-corrected chi connectivity index (χ0v) is 11.4. The van der Waals surface area contributed by atoms with Gasteiger partial charge in [-0.25, -0.2) is 0 Å². The van der Waals surface area contributed by atoms with Crippen LogP contribution in [0.4, 0.5) is 0 Å². The van der Waals surface area contributed by atoms with E-state index in [1.54, 1.807) is 7.11 Å². The van der Waals surface area contributed by atoms with Gasteiger partial charge >= 0.3 is 0 Å². The fourth-order valence-electron chi connectivity index (χ4n) is 1.30. The summed E-state index contributed by atoms with van der Waals surface area (Å²) in [7, 11) is 1.61. The minimum Gasteiger partial charge on any atom is -0.495 e. The van der Waals surface area contributed by atoms with E-state index in [1.165, 1.54) is 0 Å². The highest BCUT2D eigenvalue weighted by Crippen LogP contribution is 2.28. The summed E-state index contributed by atoms with van der Waals surface area (Å²) in [6, 6.07) is 5.72. The van der Waals surface area contributed by atoms with Gasteiger partial charge in [0, 0.05) is 11.8 Å². The largest absolute Gasteiger partial charge is 0.495 e. The molecule has 4 heteroatoms. The van der Waals surface area contributed by atoms with Gasteiger partial charge in [-0.1, -0.05) is 31.5 Å². The SMILES string of the molecule is COc1cc(C(N)CSC(C)C)ccc1Cl. The van der Waals surface area contributed by atoms with Crippen molar-refractivity contribution in [2.45, 2.75) is 25.1 Å². The lowest BCUT2D eigenvalue weighted by atomic mass is 10.1. The summed E-state index contributed by atoms with van der Waals surface area (Å²) in [5.74, 6) is 1.59. The number of ether oxygens (including phenoxy) is 1. The van der Waals surface area contributed by atoms with Crippen LogP contribution in [0.2, 0.25) is 5.02 Å². The fourth-order valence-corrected chi connectivity index (χ4v) is 2.28. The van der Waals surface area contributed by atoms with E-state index in [-0.39, 0.29) is 6.04 Å². The van der Waals surface area contributed by atoms with Gasteiger partial charge in [0.1, 0.15) is 5.75 Å². The van der Waals surface area contributed by atoms with Crippen molar-refractivity contribution in [1.29, 1.82) is 0 Å². The van der Waals surface area contributed by atoms with E-state index in [0.717, 1.165) is 11.3 Å². The van der Waals surface area contributed by atoms with Crippen LogP contribution in [-0.4, -0.2) is 18.1 Å². The predicted molar refractivity (Wildman–Crippen MR) is 72.5 cm³/mol. The molecule has 0 saturated heterocycles. The van der Waals surface area contributed by atoms with Crippen LogP contribution in [0.5, 0.6) is 5.75 Å². The topological polar surface area (TPSA) is 35.2 Å². The van der Waals surface area contributed by atoms with Gasteiger partial charge in [0.25, 0.3) is 0 Å². The second-order valence-corrected chi connectivity index (χ2v) is 5.90. The summed E-state index contributed by atoms with van der Waals surface area (Å²) >= 11 is 7.81. The number of methoxy groups -OCH3 is 1. The minimum atomic E-state index is 0.0265. The van der Waals surface area contributed by atoms with E-state index in [1.807, 2.05) is 30.0 Å². The van der Waals surface area contributed by atoms with E-state index >= 15 is 0 Å². The first-order valence-corrected chi connectivity index (χ1v) is 6.68. The number of halogens is 1. The summed E-state index contributed by atoms with van der Waals surface area (Å²) in [5, 5.41) is 1.22. The van der Waals surface area contributed by atoms with Crippen molar-refractivity contribution in [2.24, 2.45) is 5.73 Å². The van der Waals surface area contributed by atoms with Crippen molar-refractivity contribution >= 4 is 23.4 Å². The van der Waals surface area contributed by atoms with E-state index in [4.69, 9.17) is 22.1 Å². The Morgan fingerprint density at radius 2 is 2.12 bits per heavy atom. The van der Waals surface area contributed by atoms with E-state index in [2.05, 4.69) is 13.8 Å². The third kappa shape index (κ3) is 3.89. The van der Waals surface area contributed by atoms with Gasteiger partial charge in [-0.3, -0.25) is 0 Å². The standard InChI is InChI=1S/C12H18ClNOS/c1-8(2)16-7-11(14)9-4-5-10(13)12(6-9)15-3/h4-6,8,11H,7,14H2,1-3H3. The van der Waals surface area contributed by atoms with Crippen LogP contribution < -0.4 is 10.5 Å². The molecule has 16 heavy (non-hydrogen) atoms. The lowest BCUT2D eigenvalue weighted by molar-refractivity contribution is 0.414. The molecule has 0 saturated carbocycles. The molecule has 1 rings (SSSR count). The predicted octanol–water partition coefficient (Wildman–Crippen LogP) is 3.49. The first-order valence-electron chi connectivity index (χ1n) is 5.25. The Bertz CT molecular complexity index is 344. The highest BCUT2D eigenvalue weighted by molar-refractivity contribution is 7.99. The smallest absolute Gasteiger partial charge is 0.137 e. The molecule has 2 nitrogen and oxygen atoms in total. The van der Waals surface area contributed by atoms with Crippen molar-refractivity contribution in [2.75, 3.05) is 12.9 Å². The lowest BCUT2D eigenvalue weighted by Gasteiger charge is -2.14. The third-order valence-electron chi connectivity index (χ3n) is 2.21. The molecule has 0 fully saturated rings. The van der Waals surface area contributed by atoms with Crippen LogP contribution in [0.25, 0.3) is 0 Å². The van der Waals surface area contributed by atoms with E-state index in [0.29, 0.717) is 16.0 Å². The molecule has 2 N–H and O–H groups in total. The van der Waals surface area contributed by atoms with Gasteiger partial charge in [0.2, 0.25) is 0 Å². The Morgan fingerprint density at radius 3 is 2.69 bits per heavy atom. The van der Waals surface area contributed by atoms with Crippen LogP contribution >= 0.6 is 23.4 Å². The third-order valence-corrected chi connectivity index (χ3v) is 3.74. The maximum Gasteiger partial charge on any atom is 0.137 e. The first-order chi connectivity index (χ1) is 7.54. The van der Waals surface area contributed by atoms with E-state index < -0.39 is 0 Å². The molecule has 0 aliphatic carbocycles. The average Bonchev–Trinajstić information content (AvgIpc) is 2.26. The molecule has 0 heterocycles.